The normalized spacial score (nSPS) is 21.1. The van der Waals surface area contributed by atoms with Crippen LogP contribution in [0.1, 0.15) is 37.1 Å². The molecule has 14 heteroatoms. The number of halogens is 4. The highest BCUT2D eigenvalue weighted by Gasteiger charge is 2.35. The maximum Gasteiger partial charge on any atom is 0.451 e. The molecule has 2 atom stereocenters. The number of nitrogens with two attached hydrogens (primary N) is 1. The van der Waals surface area contributed by atoms with E-state index >= 15 is 4.39 Å². The zero-order valence-electron chi connectivity index (χ0n) is 19.5. The number of aromatic nitrogens is 4. The highest BCUT2D eigenvalue weighted by Crippen LogP contribution is 2.33. The summed E-state index contributed by atoms with van der Waals surface area (Å²) in [6, 6.07) is -0.0269. The average molecular weight is 513 g/mol. The number of carbonyl (C=O) groups excluding carboxylic acids is 1. The van der Waals surface area contributed by atoms with Crippen LogP contribution in [0.5, 0.6) is 0 Å². The van der Waals surface area contributed by atoms with Crippen molar-refractivity contribution in [3.8, 4) is 0 Å². The van der Waals surface area contributed by atoms with Crippen LogP contribution < -0.4 is 16.0 Å². The first-order chi connectivity index (χ1) is 17.1. The fourth-order valence-electron chi connectivity index (χ4n) is 4.41. The van der Waals surface area contributed by atoms with Gasteiger partial charge in [-0.05, 0) is 32.2 Å². The molecular weight excluding hydrogens is 484 g/mol. The Balaban J connectivity index is 1.45. The van der Waals surface area contributed by atoms with Gasteiger partial charge in [-0.25, -0.2) is 19.9 Å². The van der Waals surface area contributed by atoms with Crippen LogP contribution in [0.3, 0.4) is 0 Å². The van der Waals surface area contributed by atoms with Crippen molar-refractivity contribution < 1.29 is 27.5 Å². The largest absolute Gasteiger partial charge is 0.451 e. The van der Waals surface area contributed by atoms with E-state index in [1.54, 1.807) is 9.80 Å². The van der Waals surface area contributed by atoms with Crippen LogP contribution in [-0.2, 0) is 17.5 Å². The highest BCUT2D eigenvalue weighted by molar-refractivity contribution is 5.75. The first kappa shape index (κ1) is 25.9. The molecule has 2 aromatic rings. The molecule has 1 aliphatic heterocycles. The molecule has 0 aromatic carbocycles. The van der Waals surface area contributed by atoms with Crippen LogP contribution in [-0.4, -0.2) is 74.2 Å². The van der Waals surface area contributed by atoms with Gasteiger partial charge in [0, 0.05) is 49.6 Å². The van der Waals surface area contributed by atoms with Gasteiger partial charge in [0.15, 0.2) is 11.6 Å². The number of primary amides is 1. The number of nitrogens with zero attached hydrogens (tertiary/aromatic N) is 6. The summed E-state index contributed by atoms with van der Waals surface area (Å²) >= 11 is 0. The first-order valence-electron chi connectivity index (χ1n) is 11.7. The summed E-state index contributed by atoms with van der Waals surface area (Å²) in [5.41, 5.74) is 5.61. The molecule has 0 radical (unpaired) electrons. The number of aliphatic hydroxyl groups is 1. The van der Waals surface area contributed by atoms with Gasteiger partial charge >= 0.3 is 6.18 Å². The molecule has 2 aromatic heterocycles. The van der Waals surface area contributed by atoms with Crippen LogP contribution in [0.25, 0.3) is 0 Å². The minimum Gasteiger partial charge on any atom is -0.391 e. The molecule has 196 valence electrons. The third kappa shape index (κ3) is 6.16. The molecule has 2 aliphatic rings. The number of aliphatic hydroxyl groups excluding tert-OH is 1. The smallest absolute Gasteiger partial charge is 0.391 e. The van der Waals surface area contributed by atoms with Gasteiger partial charge in [-0.15, -0.1) is 0 Å². The molecule has 1 saturated carbocycles. The Morgan fingerprint density at radius 2 is 1.92 bits per heavy atom. The predicted molar refractivity (Wildman–Crippen MR) is 121 cm³/mol. The third-order valence-corrected chi connectivity index (χ3v) is 6.59. The van der Waals surface area contributed by atoms with Crippen LogP contribution >= 0.6 is 0 Å². The zero-order chi connectivity index (χ0) is 25.9. The Kier molecular flexibility index (Phi) is 7.83. The van der Waals surface area contributed by atoms with Crippen LogP contribution in [0.15, 0.2) is 18.7 Å². The summed E-state index contributed by atoms with van der Waals surface area (Å²) in [7, 11) is 0. The molecule has 36 heavy (non-hydrogen) atoms. The number of amides is 1. The van der Waals surface area contributed by atoms with E-state index < -0.39 is 29.8 Å². The lowest BCUT2D eigenvalue weighted by Gasteiger charge is -2.38. The number of hydrogen-bond donors (Lipinski definition) is 3. The van der Waals surface area contributed by atoms with E-state index in [9.17, 15) is 23.1 Å². The lowest BCUT2D eigenvalue weighted by Crippen LogP contribution is -2.48. The fraction of sp³-hybridized carbons (Fsp3) is 0.591. The second-order valence-electron chi connectivity index (χ2n) is 9.18. The second-order valence-corrected chi connectivity index (χ2v) is 9.18. The van der Waals surface area contributed by atoms with Gasteiger partial charge in [-0.3, -0.25) is 9.69 Å². The number of β-amino-alcohol motifs (C(OH)–C–C–N with tert-alkyl or cyclic N) is 1. The molecule has 4 rings (SSSR count). The number of likely N-dealkylation sites (tertiary alicyclic amines) is 1. The summed E-state index contributed by atoms with van der Waals surface area (Å²) in [4.78, 5) is 29.5. The number of carbonyl (C=O) groups is 1. The minimum absolute atomic E-state index is 0.0269. The van der Waals surface area contributed by atoms with E-state index in [1.165, 1.54) is 6.33 Å². The first-order valence-corrected chi connectivity index (χ1v) is 11.7. The van der Waals surface area contributed by atoms with Crippen molar-refractivity contribution in [2.75, 3.05) is 36.4 Å². The molecule has 0 spiro atoms. The van der Waals surface area contributed by atoms with Crippen molar-refractivity contribution in [2.45, 2.75) is 50.6 Å². The number of alkyl halides is 3. The highest BCUT2D eigenvalue weighted by atomic mass is 19.4. The Morgan fingerprint density at radius 1 is 1.19 bits per heavy atom. The Labute approximate surface area is 204 Å². The lowest BCUT2D eigenvalue weighted by atomic mass is 9.91. The minimum atomic E-state index is -4.64. The van der Waals surface area contributed by atoms with Gasteiger partial charge in [0.2, 0.25) is 17.5 Å². The Hall–Kier alpha value is -3.13. The van der Waals surface area contributed by atoms with Gasteiger partial charge in [0.05, 0.1) is 12.6 Å². The molecule has 0 bridgehead atoms. The monoisotopic (exact) mass is 512 g/mol. The average Bonchev–Trinajstić information content (AvgIpc) is 2.77. The van der Waals surface area contributed by atoms with Gasteiger partial charge in [0.1, 0.15) is 6.33 Å². The maximum absolute atomic E-state index is 15.5. The van der Waals surface area contributed by atoms with Crippen molar-refractivity contribution in [1.29, 1.82) is 0 Å². The lowest BCUT2D eigenvalue weighted by molar-refractivity contribution is -0.145. The van der Waals surface area contributed by atoms with E-state index in [2.05, 4.69) is 25.3 Å². The van der Waals surface area contributed by atoms with E-state index in [0.717, 1.165) is 31.7 Å². The van der Waals surface area contributed by atoms with E-state index in [1.807, 2.05) is 0 Å². The molecule has 1 saturated heterocycles. The summed E-state index contributed by atoms with van der Waals surface area (Å²) < 4.78 is 53.9. The number of rotatable bonds is 9. The summed E-state index contributed by atoms with van der Waals surface area (Å²) in [6.45, 7) is 1.29. The van der Waals surface area contributed by atoms with Gasteiger partial charge in [-0.2, -0.15) is 17.6 Å². The molecule has 4 N–H and O–H groups in total. The summed E-state index contributed by atoms with van der Waals surface area (Å²) in [5.74, 6) is -2.55. The van der Waals surface area contributed by atoms with E-state index in [0.29, 0.717) is 18.5 Å². The molecule has 10 nitrogen and oxygen atoms in total. The molecule has 2 unspecified atom stereocenters. The number of hydrogen-bond acceptors (Lipinski definition) is 9. The molecule has 1 amide bonds. The summed E-state index contributed by atoms with van der Waals surface area (Å²) in [5, 5.41) is 13.4. The van der Waals surface area contributed by atoms with Crippen LogP contribution in [0.4, 0.5) is 29.2 Å². The van der Waals surface area contributed by atoms with Crippen LogP contribution in [0, 0.1) is 11.7 Å². The topological polar surface area (TPSA) is 133 Å². The van der Waals surface area contributed by atoms with Crippen molar-refractivity contribution >= 4 is 17.5 Å². The Bertz CT molecular complexity index is 1050. The summed E-state index contributed by atoms with van der Waals surface area (Å²) in [6.07, 6.45) is 1.17. The number of anilines is 2. The molecule has 2 fully saturated rings. The van der Waals surface area contributed by atoms with E-state index in [4.69, 9.17) is 5.73 Å². The third-order valence-electron chi connectivity index (χ3n) is 6.59. The van der Waals surface area contributed by atoms with Crippen molar-refractivity contribution in [1.82, 2.24) is 24.8 Å². The molecule has 3 heterocycles. The maximum atomic E-state index is 15.5. The molecule has 1 aliphatic carbocycles. The van der Waals surface area contributed by atoms with Gasteiger partial charge in [0.25, 0.3) is 0 Å². The zero-order valence-corrected chi connectivity index (χ0v) is 19.5. The quantitative estimate of drug-likeness (QED) is 0.428. The second kappa shape index (κ2) is 10.9. The predicted octanol–water partition coefficient (Wildman–Crippen LogP) is 1.56. The van der Waals surface area contributed by atoms with E-state index in [-0.39, 0.29) is 49.8 Å². The van der Waals surface area contributed by atoms with Crippen molar-refractivity contribution in [3.05, 3.63) is 35.9 Å². The standard InChI is InChI=1S/C22H28F4N8O2/c23-18-19(28-8-14-4-5-33(10-16(14)35)11-17(27)36)31-12-32-20(18)34(15-2-1-3-15)9-13-6-29-21(30-7-13)22(24,25)26/h6-7,12,14-16,35H,1-5,8-11H2,(H2,27,36)(H,28,31,32). The molecular formula is C22H28F4N8O2. The number of piperidine rings is 1. The fourth-order valence-corrected chi connectivity index (χ4v) is 4.41. The van der Waals surface area contributed by atoms with Crippen LogP contribution in [0.2, 0.25) is 0 Å². The van der Waals surface area contributed by atoms with Gasteiger partial charge in [-0.1, -0.05) is 0 Å². The SMILES string of the molecule is NC(=O)CN1CCC(CNc2ncnc(N(Cc3cnc(C(F)(F)F)nc3)C3CCC3)c2F)C(O)C1. The van der Waals surface area contributed by atoms with Gasteiger partial charge < -0.3 is 21.1 Å². The Morgan fingerprint density at radius 3 is 2.50 bits per heavy atom. The van der Waals surface area contributed by atoms with Crippen molar-refractivity contribution in [2.24, 2.45) is 11.7 Å². The number of nitrogens with one attached hydrogen (secondary N) is 1. The van der Waals surface area contributed by atoms with Crippen molar-refractivity contribution in [3.63, 3.8) is 0 Å².